The van der Waals surface area contributed by atoms with Crippen molar-refractivity contribution >= 4 is 5.91 Å². The molecule has 0 aliphatic rings. The number of carbonyl (C=O) groups is 1. The maximum Gasteiger partial charge on any atom is 0.253 e. The SMILES string of the molecule is C[C@H](CO)c1ccc(C(=O)N(C)C)cc1. The second-order valence-electron chi connectivity index (χ2n) is 3.91. The molecule has 0 fully saturated rings. The minimum atomic E-state index is -0.00167. The molecule has 3 heteroatoms. The zero-order valence-corrected chi connectivity index (χ0v) is 9.40. The highest BCUT2D eigenvalue weighted by Gasteiger charge is 2.08. The summed E-state index contributed by atoms with van der Waals surface area (Å²) in [6.45, 7) is 2.07. The summed E-state index contributed by atoms with van der Waals surface area (Å²) in [5.41, 5.74) is 1.72. The van der Waals surface area contributed by atoms with Crippen molar-refractivity contribution in [2.24, 2.45) is 0 Å². The third-order valence-corrected chi connectivity index (χ3v) is 2.41. The van der Waals surface area contributed by atoms with Crippen LogP contribution in [-0.2, 0) is 0 Å². The van der Waals surface area contributed by atoms with Gasteiger partial charge in [0.2, 0.25) is 0 Å². The molecule has 0 aliphatic heterocycles. The minimum Gasteiger partial charge on any atom is -0.396 e. The molecule has 1 atom stereocenters. The molecule has 1 aromatic carbocycles. The van der Waals surface area contributed by atoms with Crippen LogP contribution in [0.15, 0.2) is 24.3 Å². The van der Waals surface area contributed by atoms with E-state index in [0.717, 1.165) is 5.56 Å². The number of hydrogen-bond donors (Lipinski definition) is 1. The summed E-state index contributed by atoms with van der Waals surface area (Å²) in [5, 5.41) is 8.98. The predicted molar refractivity (Wildman–Crippen MR) is 60.0 cm³/mol. The zero-order valence-electron chi connectivity index (χ0n) is 9.40. The lowest BCUT2D eigenvalue weighted by Gasteiger charge is -2.12. The molecule has 1 rings (SSSR count). The first-order valence-corrected chi connectivity index (χ1v) is 4.98. The Hall–Kier alpha value is -1.35. The lowest BCUT2D eigenvalue weighted by atomic mass is 10.0. The van der Waals surface area contributed by atoms with E-state index in [9.17, 15) is 4.79 Å². The van der Waals surface area contributed by atoms with Gasteiger partial charge >= 0.3 is 0 Å². The molecule has 1 N–H and O–H groups in total. The van der Waals surface area contributed by atoms with Gasteiger partial charge in [0, 0.05) is 32.2 Å². The van der Waals surface area contributed by atoms with Crippen LogP contribution in [0.1, 0.15) is 28.8 Å². The van der Waals surface area contributed by atoms with Gasteiger partial charge in [-0.25, -0.2) is 0 Å². The summed E-state index contributed by atoms with van der Waals surface area (Å²) in [6.07, 6.45) is 0. The number of hydrogen-bond acceptors (Lipinski definition) is 2. The van der Waals surface area contributed by atoms with Crippen molar-refractivity contribution < 1.29 is 9.90 Å². The van der Waals surface area contributed by atoms with Crippen LogP contribution >= 0.6 is 0 Å². The van der Waals surface area contributed by atoms with Gasteiger partial charge in [-0.15, -0.1) is 0 Å². The molecule has 15 heavy (non-hydrogen) atoms. The molecular formula is C12H17NO2. The van der Waals surface area contributed by atoms with Crippen molar-refractivity contribution in [3.05, 3.63) is 35.4 Å². The molecule has 0 spiro atoms. The predicted octanol–water partition coefficient (Wildman–Crippen LogP) is 1.48. The molecule has 0 radical (unpaired) electrons. The van der Waals surface area contributed by atoms with Gasteiger partial charge in [-0.05, 0) is 17.7 Å². The van der Waals surface area contributed by atoms with Crippen molar-refractivity contribution in [2.45, 2.75) is 12.8 Å². The van der Waals surface area contributed by atoms with E-state index in [1.807, 2.05) is 19.1 Å². The summed E-state index contributed by atoms with van der Waals surface area (Å²) < 4.78 is 0. The van der Waals surface area contributed by atoms with Gasteiger partial charge in [-0.2, -0.15) is 0 Å². The second-order valence-corrected chi connectivity index (χ2v) is 3.91. The Morgan fingerprint density at radius 2 is 1.87 bits per heavy atom. The average Bonchev–Trinajstić information content (AvgIpc) is 2.27. The smallest absolute Gasteiger partial charge is 0.253 e. The quantitative estimate of drug-likeness (QED) is 0.815. The zero-order chi connectivity index (χ0) is 11.4. The number of nitrogens with zero attached hydrogens (tertiary/aromatic N) is 1. The number of benzene rings is 1. The van der Waals surface area contributed by atoms with Gasteiger partial charge in [-0.1, -0.05) is 19.1 Å². The summed E-state index contributed by atoms with van der Waals surface area (Å²) in [5.74, 6) is 0.117. The maximum absolute atomic E-state index is 11.6. The first-order chi connectivity index (χ1) is 7.06. The van der Waals surface area contributed by atoms with Crippen LogP contribution in [0.4, 0.5) is 0 Å². The van der Waals surface area contributed by atoms with Crippen LogP contribution in [0, 0.1) is 0 Å². The molecule has 0 heterocycles. The molecule has 1 aromatic rings. The molecule has 0 bridgehead atoms. The van der Waals surface area contributed by atoms with Gasteiger partial charge in [0.1, 0.15) is 0 Å². The Bertz CT molecular complexity index is 330. The van der Waals surface area contributed by atoms with Crippen molar-refractivity contribution in [1.29, 1.82) is 0 Å². The van der Waals surface area contributed by atoms with E-state index in [2.05, 4.69) is 0 Å². The number of carbonyl (C=O) groups excluding carboxylic acids is 1. The molecule has 0 saturated carbocycles. The fourth-order valence-corrected chi connectivity index (χ4v) is 1.32. The first kappa shape index (κ1) is 11.7. The Morgan fingerprint density at radius 1 is 1.33 bits per heavy atom. The number of amides is 1. The molecule has 1 amide bonds. The standard InChI is InChI=1S/C12H17NO2/c1-9(8-14)10-4-6-11(7-5-10)12(15)13(2)3/h4-7,9,14H,8H2,1-3H3/t9-/m1/s1. The summed E-state index contributed by atoms with van der Waals surface area (Å²) in [4.78, 5) is 13.1. The number of aliphatic hydroxyl groups excluding tert-OH is 1. The van der Waals surface area contributed by atoms with Gasteiger partial charge in [0.25, 0.3) is 5.91 Å². The monoisotopic (exact) mass is 207 g/mol. The molecular weight excluding hydrogens is 190 g/mol. The summed E-state index contributed by atoms with van der Waals surface area (Å²) in [6, 6.07) is 7.36. The van der Waals surface area contributed by atoms with E-state index in [4.69, 9.17) is 5.11 Å². The number of aliphatic hydroxyl groups is 1. The Kier molecular flexibility index (Phi) is 3.86. The summed E-state index contributed by atoms with van der Waals surface area (Å²) >= 11 is 0. The van der Waals surface area contributed by atoms with Crippen molar-refractivity contribution in [2.75, 3.05) is 20.7 Å². The first-order valence-electron chi connectivity index (χ1n) is 4.98. The van der Waals surface area contributed by atoms with Gasteiger partial charge in [0.05, 0.1) is 0 Å². The molecule has 0 saturated heterocycles. The van der Waals surface area contributed by atoms with Crippen LogP contribution in [0.25, 0.3) is 0 Å². The van der Waals surface area contributed by atoms with E-state index in [0.29, 0.717) is 5.56 Å². The third-order valence-electron chi connectivity index (χ3n) is 2.41. The molecule has 3 nitrogen and oxygen atoms in total. The largest absolute Gasteiger partial charge is 0.396 e. The second kappa shape index (κ2) is 4.94. The van der Waals surface area contributed by atoms with Crippen molar-refractivity contribution in [3.63, 3.8) is 0 Å². The van der Waals surface area contributed by atoms with E-state index in [1.54, 1.807) is 31.1 Å². The molecule has 0 aromatic heterocycles. The number of rotatable bonds is 3. The molecule has 82 valence electrons. The van der Waals surface area contributed by atoms with Gasteiger partial charge < -0.3 is 10.0 Å². The molecule has 0 unspecified atom stereocenters. The lowest BCUT2D eigenvalue weighted by Crippen LogP contribution is -2.21. The van der Waals surface area contributed by atoms with Crippen LogP contribution in [0.3, 0.4) is 0 Å². The van der Waals surface area contributed by atoms with E-state index < -0.39 is 0 Å². The van der Waals surface area contributed by atoms with E-state index in [1.165, 1.54) is 0 Å². The third kappa shape index (κ3) is 2.80. The fraction of sp³-hybridized carbons (Fsp3) is 0.417. The van der Waals surface area contributed by atoms with Crippen LogP contribution in [-0.4, -0.2) is 36.6 Å². The minimum absolute atomic E-state index is 0.00167. The van der Waals surface area contributed by atoms with Gasteiger partial charge in [0.15, 0.2) is 0 Å². The fourth-order valence-electron chi connectivity index (χ4n) is 1.32. The van der Waals surface area contributed by atoms with Crippen LogP contribution in [0.5, 0.6) is 0 Å². The van der Waals surface area contributed by atoms with E-state index >= 15 is 0 Å². The van der Waals surface area contributed by atoms with Crippen LogP contribution < -0.4 is 0 Å². The lowest BCUT2D eigenvalue weighted by molar-refractivity contribution is 0.0827. The summed E-state index contributed by atoms with van der Waals surface area (Å²) in [7, 11) is 3.46. The van der Waals surface area contributed by atoms with E-state index in [-0.39, 0.29) is 18.4 Å². The highest BCUT2D eigenvalue weighted by molar-refractivity contribution is 5.93. The van der Waals surface area contributed by atoms with Crippen LogP contribution in [0.2, 0.25) is 0 Å². The maximum atomic E-state index is 11.6. The average molecular weight is 207 g/mol. The highest BCUT2D eigenvalue weighted by Crippen LogP contribution is 2.15. The molecule has 0 aliphatic carbocycles. The Balaban J connectivity index is 2.85. The highest BCUT2D eigenvalue weighted by atomic mass is 16.3. The Labute approximate surface area is 90.3 Å². The topological polar surface area (TPSA) is 40.5 Å². The Morgan fingerprint density at radius 3 is 2.27 bits per heavy atom. The normalized spacial score (nSPS) is 12.3. The van der Waals surface area contributed by atoms with Gasteiger partial charge in [-0.3, -0.25) is 4.79 Å². The van der Waals surface area contributed by atoms with Crippen molar-refractivity contribution in [1.82, 2.24) is 4.90 Å². The van der Waals surface area contributed by atoms with Crippen molar-refractivity contribution in [3.8, 4) is 0 Å².